The molecule has 0 radical (unpaired) electrons. The molecule has 3 N–H and O–H groups in total. The van der Waals surface area contributed by atoms with Gasteiger partial charge in [-0.05, 0) is 18.2 Å². The molecule has 0 fully saturated rings. The van der Waals surface area contributed by atoms with Crippen molar-refractivity contribution in [2.45, 2.75) is 6.18 Å². The Labute approximate surface area is 101 Å². The van der Waals surface area contributed by atoms with Crippen molar-refractivity contribution < 1.29 is 23.0 Å². The Hall–Kier alpha value is -1.34. The summed E-state index contributed by atoms with van der Waals surface area (Å²) in [6.45, 7) is -0.359. The number of hydrogen-bond acceptors (Lipinski definition) is 3. The molecule has 0 spiro atoms. The molecule has 0 heterocycles. The lowest BCUT2D eigenvalue weighted by atomic mass is 10.1. The lowest BCUT2D eigenvalue weighted by molar-refractivity contribution is -0.137. The van der Waals surface area contributed by atoms with Gasteiger partial charge in [0.2, 0.25) is 0 Å². The molecule has 0 bridgehead atoms. The van der Waals surface area contributed by atoms with Crippen LogP contribution in [-0.4, -0.2) is 23.3 Å². The SMILES string of the molecule is NC(=S)c1ccc(OCCO)cc1C(F)(F)F. The number of nitrogens with two attached hydrogens (primary N) is 1. The van der Waals surface area contributed by atoms with E-state index in [-0.39, 0.29) is 29.5 Å². The highest BCUT2D eigenvalue weighted by molar-refractivity contribution is 7.80. The molecule has 7 heteroatoms. The van der Waals surface area contributed by atoms with Crippen LogP contribution < -0.4 is 10.5 Å². The van der Waals surface area contributed by atoms with Crippen molar-refractivity contribution >= 4 is 17.2 Å². The fraction of sp³-hybridized carbons (Fsp3) is 0.300. The fourth-order valence-electron chi connectivity index (χ4n) is 1.23. The molecular weight excluding hydrogens is 255 g/mol. The van der Waals surface area contributed by atoms with E-state index in [2.05, 4.69) is 12.2 Å². The molecule has 0 amide bonds. The summed E-state index contributed by atoms with van der Waals surface area (Å²) < 4.78 is 43.0. The van der Waals surface area contributed by atoms with Crippen molar-refractivity contribution in [3.8, 4) is 5.75 Å². The lowest BCUT2D eigenvalue weighted by Crippen LogP contribution is -2.18. The van der Waals surface area contributed by atoms with Crippen LogP contribution in [0.25, 0.3) is 0 Å². The lowest BCUT2D eigenvalue weighted by Gasteiger charge is -2.13. The second-order valence-electron chi connectivity index (χ2n) is 3.14. The molecule has 94 valence electrons. The van der Waals surface area contributed by atoms with Gasteiger partial charge in [0.05, 0.1) is 12.2 Å². The third-order valence-corrected chi connectivity index (χ3v) is 2.14. The summed E-state index contributed by atoms with van der Waals surface area (Å²) in [5.74, 6) is 0.00590. The maximum absolute atomic E-state index is 12.7. The van der Waals surface area contributed by atoms with Gasteiger partial charge in [0, 0.05) is 5.56 Å². The molecule has 17 heavy (non-hydrogen) atoms. The average Bonchev–Trinajstić information content (AvgIpc) is 2.24. The fourth-order valence-corrected chi connectivity index (χ4v) is 1.40. The van der Waals surface area contributed by atoms with E-state index in [1.165, 1.54) is 6.07 Å². The number of ether oxygens (including phenoxy) is 1. The standard InChI is InChI=1S/C10H10F3NO2S/c11-10(12,13)8-5-6(16-4-3-15)1-2-7(8)9(14)17/h1-2,5,15H,3-4H2,(H2,14,17). The van der Waals surface area contributed by atoms with E-state index >= 15 is 0 Å². The molecule has 0 atom stereocenters. The molecule has 0 aliphatic heterocycles. The smallest absolute Gasteiger partial charge is 0.417 e. The zero-order valence-corrected chi connectivity index (χ0v) is 9.44. The largest absolute Gasteiger partial charge is 0.491 e. The van der Waals surface area contributed by atoms with E-state index in [1.54, 1.807) is 0 Å². The van der Waals surface area contributed by atoms with E-state index in [0.717, 1.165) is 12.1 Å². The number of hydrogen-bond donors (Lipinski definition) is 2. The van der Waals surface area contributed by atoms with Crippen LogP contribution in [0, 0.1) is 0 Å². The van der Waals surface area contributed by atoms with Crippen molar-refractivity contribution in [1.29, 1.82) is 0 Å². The first-order valence-corrected chi connectivity index (χ1v) is 5.02. The molecule has 0 saturated carbocycles. The summed E-state index contributed by atoms with van der Waals surface area (Å²) >= 11 is 4.55. The summed E-state index contributed by atoms with van der Waals surface area (Å²) in [6, 6.07) is 3.28. The van der Waals surface area contributed by atoms with Crippen LogP contribution in [0.2, 0.25) is 0 Å². The van der Waals surface area contributed by atoms with Gasteiger partial charge in [-0.3, -0.25) is 0 Å². The molecule has 1 aromatic rings. The second kappa shape index (κ2) is 5.33. The summed E-state index contributed by atoms with van der Waals surface area (Å²) in [5.41, 5.74) is 4.02. The van der Waals surface area contributed by atoms with Gasteiger partial charge in [0.15, 0.2) is 0 Å². The first-order valence-electron chi connectivity index (χ1n) is 4.61. The summed E-state index contributed by atoms with van der Waals surface area (Å²) in [6.07, 6.45) is -4.56. The number of thiocarbonyl (C=S) groups is 1. The summed E-state index contributed by atoms with van der Waals surface area (Å²) in [4.78, 5) is -0.328. The van der Waals surface area contributed by atoms with Crippen molar-refractivity contribution in [1.82, 2.24) is 0 Å². The number of aliphatic hydroxyl groups excluding tert-OH is 1. The molecule has 3 nitrogen and oxygen atoms in total. The van der Waals surface area contributed by atoms with E-state index in [9.17, 15) is 13.2 Å². The number of aliphatic hydroxyl groups is 1. The zero-order chi connectivity index (χ0) is 13.1. The third-order valence-electron chi connectivity index (χ3n) is 1.92. The zero-order valence-electron chi connectivity index (χ0n) is 8.62. The van der Waals surface area contributed by atoms with Crippen LogP contribution in [0.5, 0.6) is 5.75 Å². The van der Waals surface area contributed by atoms with Crippen molar-refractivity contribution in [3.05, 3.63) is 29.3 Å². The minimum atomic E-state index is -4.56. The Bertz CT molecular complexity index is 421. The normalized spacial score (nSPS) is 11.3. The Morgan fingerprint density at radius 2 is 2.06 bits per heavy atom. The third kappa shape index (κ3) is 3.57. The number of alkyl halides is 3. The van der Waals surface area contributed by atoms with Crippen LogP contribution in [0.3, 0.4) is 0 Å². The number of benzene rings is 1. The highest BCUT2D eigenvalue weighted by Crippen LogP contribution is 2.34. The predicted molar refractivity (Wildman–Crippen MR) is 59.9 cm³/mol. The Morgan fingerprint density at radius 3 is 2.53 bits per heavy atom. The van der Waals surface area contributed by atoms with E-state index < -0.39 is 11.7 Å². The average molecular weight is 265 g/mol. The van der Waals surface area contributed by atoms with E-state index in [0.29, 0.717) is 0 Å². The first-order chi connectivity index (χ1) is 7.86. The maximum Gasteiger partial charge on any atom is 0.417 e. The molecule has 0 saturated heterocycles. The van der Waals surface area contributed by atoms with Crippen LogP contribution in [0.4, 0.5) is 13.2 Å². The van der Waals surface area contributed by atoms with Crippen molar-refractivity contribution in [2.75, 3.05) is 13.2 Å². The van der Waals surface area contributed by atoms with Crippen molar-refractivity contribution in [2.24, 2.45) is 5.73 Å². The van der Waals surface area contributed by atoms with Crippen LogP contribution >= 0.6 is 12.2 Å². The molecule has 1 rings (SSSR count). The number of halogens is 3. The van der Waals surface area contributed by atoms with Gasteiger partial charge in [-0.2, -0.15) is 13.2 Å². The highest BCUT2D eigenvalue weighted by Gasteiger charge is 2.34. The Kier molecular flexibility index (Phi) is 4.30. The quantitative estimate of drug-likeness (QED) is 0.814. The van der Waals surface area contributed by atoms with Crippen LogP contribution in [0.1, 0.15) is 11.1 Å². The predicted octanol–water partition coefficient (Wildman–Crippen LogP) is 1.71. The van der Waals surface area contributed by atoms with Gasteiger partial charge >= 0.3 is 6.18 Å². The second-order valence-corrected chi connectivity index (χ2v) is 3.58. The maximum atomic E-state index is 12.7. The van der Waals surface area contributed by atoms with E-state index in [4.69, 9.17) is 15.6 Å². The van der Waals surface area contributed by atoms with Gasteiger partial charge in [-0.15, -0.1) is 0 Å². The van der Waals surface area contributed by atoms with Crippen LogP contribution in [0.15, 0.2) is 18.2 Å². The van der Waals surface area contributed by atoms with Crippen LogP contribution in [-0.2, 0) is 6.18 Å². The van der Waals surface area contributed by atoms with Gasteiger partial charge in [0.1, 0.15) is 17.3 Å². The molecule has 0 aliphatic rings. The molecule has 0 unspecified atom stereocenters. The first kappa shape index (κ1) is 13.7. The Morgan fingerprint density at radius 1 is 1.41 bits per heavy atom. The number of rotatable bonds is 4. The summed E-state index contributed by atoms with van der Waals surface area (Å²) in [7, 11) is 0. The Balaban J connectivity index is 3.15. The van der Waals surface area contributed by atoms with Gasteiger partial charge in [-0.1, -0.05) is 12.2 Å². The molecule has 0 aliphatic carbocycles. The van der Waals surface area contributed by atoms with Gasteiger partial charge in [-0.25, -0.2) is 0 Å². The van der Waals surface area contributed by atoms with Gasteiger partial charge < -0.3 is 15.6 Å². The highest BCUT2D eigenvalue weighted by atomic mass is 32.1. The molecule has 0 aromatic heterocycles. The summed E-state index contributed by atoms with van der Waals surface area (Å²) in [5, 5.41) is 8.51. The minimum absolute atomic E-state index is 0.00590. The molecule has 1 aromatic carbocycles. The minimum Gasteiger partial charge on any atom is -0.491 e. The topological polar surface area (TPSA) is 55.5 Å². The van der Waals surface area contributed by atoms with Gasteiger partial charge in [0.25, 0.3) is 0 Å². The van der Waals surface area contributed by atoms with E-state index in [1.807, 2.05) is 0 Å². The molecular formula is C10H10F3NO2S. The monoisotopic (exact) mass is 265 g/mol. The van der Waals surface area contributed by atoms with Crippen molar-refractivity contribution in [3.63, 3.8) is 0 Å².